The molecule has 0 bridgehead atoms. The van der Waals surface area contributed by atoms with E-state index in [4.69, 9.17) is 38.0 Å². The van der Waals surface area contributed by atoms with Crippen molar-refractivity contribution < 1.29 is 19.0 Å². The second-order valence-electron chi connectivity index (χ2n) is 7.67. The van der Waals surface area contributed by atoms with Gasteiger partial charge in [-0.3, -0.25) is 9.69 Å². The zero-order valence-corrected chi connectivity index (χ0v) is 21.7. The lowest BCUT2D eigenvalue weighted by atomic mass is 10.1. The molecule has 1 fully saturated rings. The van der Waals surface area contributed by atoms with Crippen LogP contribution in [0.15, 0.2) is 71.6 Å². The van der Waals surface area contributed by atoms with Crippen LogP contribution in [0.1, 0.15) is 23.6 Å². The highest BCUT2D eigenvalue weighted by Crippen LogP contribution is 2.36. The summed E-state index contributed by atoms with van der Waals surface area (Å²) in [7, 11) is 1.62. The summed E-state index contributed by atoms with van der Waals surface area (Å²) in [6.45, 7) is 3.18. The predicted octanol–water partition coefficient (Wildman–Crippen LogP) is 6.73. The lowest BCUT2D eigenvalue weighted by Gasteiger charge is -2.14. The van der Waals surface area contributed by atoms with Crippen LogP contribution in [0.2, 0.25) is 5.02 Å². The van der Waals surface area contributed by atoms with Crippen LogP contribution in [0, 0.1) is 0 Å². The van der Waals surface area contributed by atoms with Gasteiger partial charge in [0, 0.05) is 5.02 Å². The van der Waals surface area contributed by atoms with Crippen LogP contribution in [-0.4, -0.2) is 28.8 Å². The van der Waals surface area contributed by atoms with Crippen molar-refractivity contribution in [3.05, 3.63) is 93.3 Å². The molecular weight excluding hydrogens is 502 g/mol. The number of hydrogen-bond donors (Lipinski definition) is 0. The van der Waals surface area contributed by atoms with Gasteiger partial charge in [0.2, 0.25) is 0 Å². The number of methoxy groups -OCH3 is 1. The van der Waals surface area contributed by atoms with Crippen LogP contribution < -0.4 is 14.2 Å². The molecule has 3 aromatic carbocycles. The van der Waals surface area contributed by atoms with Crippen LogP contribution in [0.3, 0.4) is 0 Å². The highest BCUT2D eigenvalue weighted by molar-refractivity contribution is 8.26. The van der Waals surface area contributed by atoms with Crippen LogP contribution in [0.25, 0.3) is 6.08 Å². The zero-order valence-electron chi connectivity index (χ0n) is 19.3. The third kappa shape index (κ3) is 6.36. The number of carbonyl (C=O) groups is 1. The topological polar surface area (TPSA) is 48.0 Å². The van der Waals surface area contributed by atoms with E-state index in [1.165, 1.54) is 11.8 Å². The fourth-order valence-corrected chi connectivity index (χ4v) is 4.96. The van der Waals surface area contributed by atoms with E-state index in [0.717, 1.165) is 22.4 Å². The smallest absolute Gasteiger partial charge is 0.266 e. The molecule has 5 nitrogen and oxygen atoms in total. The van der Waals surface area contributed by atoms with E-state index in [-0.39, 0.29) is 5.91 Å². The molecule has 1 amide bonds. The van der Waals surface area contributed by atoms with E-state index in [0.29, 0.717) is 45.5 Å². The van der Waals surface area contributed by atoms with Crippen molar-refractivity contribution in [2.75, 3.05) is 13.7 Å². The number of rotatable bonds is 9. The number of carbonyl (C=O) groups excluding carboxylic acids is 1. The van der Waals surface area contributed by atoms with Crippen LogP contribution >= 0.6 is 35.6 Å². The summed E-state index contributed by atoms with van der Waals surface area (Å²) < 4.78 is 17.5. The molecule has 180 valence electrons. The van der Waals surface area contributed by atoms with Gasteiger partial charge in [-0.05, 0) is 66.1 Å². The van der Waals surface area contributed by atoms with E-state index in [9.17, 15) is 4.79 Å². The number of halogens is 1. The summed E-state index contributed by atoms with van der Waals surface area (Å²) in [5.41, 5.74) is 2.77. The molecule has 0 N–H and O–H groups in total. The predicted molar refractivity (Wildman–Crippen MR) is 145 cm³/mol. The summed E-state index contributed by atoms with van der Waals surface area (Å²) >= 11 is 12.8. The first-order valence-electron chi connectivity index (χ1n) is 11.0. The summed E-state index contributed by atoms with van der Waals surface area (Å²) in [5, 5.41) is 0.663. The van der Waals surface area contributed by atoms with E-state index in [1.807, 2.05) is 79.7 Å². The molecule has 1 heterocycles. The van der Waals surface area contributed by atoms with Gasteiger partial charge in [-0.25, -0.2) is 0 Å². The first-order valence-corrected chi connectivity index (χ1v) is 12.6. The van der Waals surface area contributed by atoms with Gasteiger partial charge in [-0.2, -0.15) is 0 Å². The molecular formula is C27H24ClNO4S2. The van der Waals surface area contributed by atoms with Crippen molar-refractivity contribution in [3.63, 3.8) is 0 Å². The molecule has 0 unspecified atom stereocenters. The van der Waals surface area contributed by atoms with Crippen molar-refractivity contribution >= 4 is 51.9 Å². The monoisotopic (exact) mass is 525 g/mol. The van der Waals surface area contributed by atoms with E-state index < -0.39 is 0 Å². The van der Waals surface area contributed by atoms with Gasteiger partial charge in [0.05, 0.1) is 25.2 Å². The molecule has 1 aliphatic heterocycles. The molecule has 0 spiro atoms. The Labute approximate surface area is 219 Å². The molecule has 1 saturated heterocycles. The summed E-state index contributed by atoms with van der Waals surface area (Å²) in [6.07, 6.45) is 1.83. The highest BCUT2D eigenvalue weighted by atomic mass is 35.5. The SMILES string of the molecule is CCOc1cc(/C=C2\SC(=S)N(Cc3ccc(OC)cc3)C2=O)ccc1OCc1cccc(Cl)c1. The lowest BCUT2D eigenvalue weighted by Crippen LogP contribution is -2.27. The standard InChI is InChI=1S/C27H24ClNO4S2/c1-3-32-24-14-19(9-12-23(24)33-17-20-5-4-6-21(28)13-20)15-25-26(30)29(27(34)35-25)16-18-7-10-22(31-2)11-8-18/h4-15H,3,16-17H2,1-2H3/b25-15-. The second-order valence-corrected chi connectivity index (χ2v) is 9.79. The van der Waals surface area contributed by atoms with Crippen molar-refractivity contribution in [2.24, 2.45) is 0 Å². The Bertz CT molecular complexity index is 1260. The average molecular weight is 526 g/mol. The lowest BCUT2D eigenvalue weighted by molar-refractivity contribution is -0.122. The average Bonchev–Trinajstić information content (AvgIpc) is 3.11. The van der Waals surface area contributed by atoms with Crippen LogP contribution in [-0.2, 0) is 17.9 Å². The van der Waals surface area contributed by atoms with Crippen molar-refractivity contribution in [1.29, 1.82) is 0 Å². The number of amides is 1. The number of nitrogens with zero attached hydrogens (tertiary/aromatic N) is 1. The van der Waals surface area contributed by atoms with Crippen LogP contribution in [0.5, 0.6) is 17.2 Å². The fraction of sp³-hybridized carbons (Fsp3) is 0.185. The molecule has 1 aliphatic rings. The van der Waals surface area contributed by atoms with E-state index >= 15 is 0 Å². The third-order valence-corrected chi connectivity index (χ3v) is 6.83. The summed E-state index contributed by atoms with van der Waals surface area (Å²) in [4.78, 5) is 15.2. The minimum atomic E-state index is -0.116. The number of hydrogen-bond acceptors (Lipinski definition) is 6. The fourth-order valence-electron chi connectivity index (χ4n) is 3.49. The van der Waals surface area contributed by atoms with Gasteiger partial charge in [0.25, 0.3) is 5.91 Å². The third-order valence-electron chi connectivity index (χ3n) is 5.22. The Hall–Kier alpha value is -3.00. The molecule has 35 heavy (non-hydrogen) atoms. The van der Waals surface area contributed by atoms with Gasteiger partial charge in [0.15, 0.2) is 11.5 Å². The van der Waals surface area contributed by atoms with E-state index in [2.05, 4.69) is 0 Å². The number of benzene rings is 3. The first kappa shape index (κ1) is 25.1. The Morgan fingerprint density at radius 2 is 1.80 bits per heavy atom. The van der Waals surface area contributed by atoms with Crippen molar-refractivity contribution in [3.8, 4) is 17.2 Å². The molecule has 0 saturated carbocycles. The van der Waals surface area contributed by atoms with Crippen molar-refractivity contribution in [2.45, 2.75) is 20.1 Å². The minimum absolute atomic E-state index is 0.116. The minimum Gasteiger partial charge on any atom is -0.497 e. The maximum atomic E-state index is 13.1. The maximum Gasteiger partial charge on any atom is 0.266 e. The van der Waals surface area contributed by atoms with Gasteiger partial charge >= 0.3 is 0 Å². The maximum absolute atomic E-state index is 13.1. The molecule has 3 aromatic rings. The highest BCUT2D eigenvalue weighted by Gasteiger charge is 2.32. The van der Waals surface area contributed by atoms with Gasteiger partial charge in [-0.1, -0.05) is 65.9 Å². The Morgan fingerprint density at radius 3 is 2.51 bits per heavy atom. The largest absolute Gasteiger partial charge is 0.497 e. The quantitative estimate of drug-likeness (QED) is 0.228. The van der Waals surface area contributed by atoms with E-state index in [1.54, 1.807) is 12.0 Å². The Balaban J connectivity index is 1.49. The summed E-state index contributed by atoms with van der Waals surface area (Å²) in [5.74, 6) is 1.88. The number of ether oxygens (including phenoxy) is 3. The van der Waals surface area contributed by atoms with Gasteiger partial charge < -0.3 is 14.2 Å². The number of thiocarbonyl (C=S) groups is 1. The second kappa shape index (κ2) is 11.6. The zero-order chi connectivity index (χ0) is 24.8. The Kier molecular flexibility index (Phi) is 8.33. The van der Waals surface area contributed by atoms with Crippen LogP contribution in [0.4, 0.5) is 0 Å². The first-order chi connectivity index (χ1) is 17.0. The van der Waals surface area contributed by atoms with Gasteiger partial charge in [0.1, 0.15) is 16.7 Å². The molecule has 0 atom stereocenters. The normalized spacial score (nSPS) is 14.5. The summed E-state index contributed by atoms with van der Waals surface area (Å²) in [6, 6.07) is 20.7. The number of thioether (sulfide) groups is 1. The van der Waals surface area contributed by atoms with Gasteiger partial charge in [-0.15, -0.1) is 0 Å². The van der Waals surface area contributed by atoms with Crippen molar-refractivity contribution in [1.82, 2.24) is 4.90 Å². The molecule has 4 rings (SSSR count). The molecule has 8 heteroatoms. The molecule has 0 aromatic heterocycles. The molecule has 0 radical (unpaired) electrons. The molecule has 0 aliphatic carbocycles. The Morgan fingerprint density at radius 1 is 1.00 bits per heavy atom.